The molecule has 0 radical (unpaired) electrons. The molecular weight excluding hydrogens is 304 g/mol. The third-order valence-corrected chi connectivity index (χ3v) is 3.73. The fourth-order valence-corrected chi connectivity index (χ4v) is 2.77. The van der Waals surface area contributed by atoms with Crippen LogP contribution in [0.2, 0.25) is 0 Å². The van der Waals surface area contributed by atoms with Crippen molar-refractivity contribution in [1.82, 2.24) is 15.0 Å². The topological polar surface area (TPSA) is 87.6 Å². The summed E-state index contributed by atoms with van der Waals surface area (Å²) in [5.74, 6) is 0. The number of hydrogen-bond donors (Lipinski definition) is 3. The highest BCUT2D eigenvalue weighted by Gasteiger charge is 2.10. The molecule has 86 valence electrons. The molecule has 3 aromatic rings. The Morgan fingerprint density at radius 2 is 2.00 bits per heavy atom. The van der Waals surface area contributed by atoms with E-state index in [-0.39, 0.29) is 5.69 Å². The van der Waals surface area contributed by atoms with Gasteiger partial charge in [-0.15, -0.1) is 11.3 Å². The van der Waals surface area contributed by atoms with Crippen molar-refractivity contribution in [3.63, 3.8) is 0 Å². The minimum Gasteiger partial charge on any atom is -0.375 e. The summed E-state index contributed by atoms with van der Waals surface area (Å²) in [7, 11) is 0. The van der Waals surface area contributed by atoms with Crippen LogP contribution in [0.1, 0.15) is 0 Å². The molecule has 0 amide bonds. The van der Waals surface area contributed by atoms with E-state index in [9.17, 15) is 4.79 Å². The number of thiazole rings is 1. The van der Waals surface area contributed by atoms with E-state index in [0.29, 0.717) is 5.13 Å². The molecule has 0 spiro atoms. The summed E-state index contributed by atoms with van der Waals surface area (Å²) in [6, 6.07) is 3.71. The summed E-state index contributed by atoms with van der Waals surface area (Å²) in [5.41, 5.74) is 8.60. The fraction of sp³-hybridized carbons (Fsp3) is 0. The quantitative estimate of drug-likeness (QED) is 0.644. The van der Waals surface area contributed by atoms with Crippen LogP contribution in [0, 0.1) is 0 Å². The maximum Gasteiger partial charge on any atom is 0.323 e. The SMILES string of the molecule is Nc1nc(-c2cc3[nH]c(=O)[nH]c3cc2Br)cs1. The summed E-state index contributed by atoms with van der Waals surface area (Å²) in [6.45, 7) is 0. The van der Waals surface area contributed by atoms with Gasteiger partial charge in [-0.1, -0.05) is 15.9 Å². The monoisotopic (exact) mass is 310 g/mol. The van der Waals surface area contributed by atoms with Gasteiger partial charge in [0.15, 0.2) is 5.13 Å². The molecule has 7 heteroatoms. The summed E-state index contributed by atoms with van der Waals surface area (Å²) in [4.78, 5) is 20.8. The van der Waals surface area contributed by atoms with Crippen molar-refractivity contribution in [2.75, 3.05) is 5.73 Å². The van der Waals surface area contributed by atoms with Crippen molar-refractivity contribution in [3.8, 4) is 11.3 Å². The number of aromatic amines is 2. The number of halogens is 1. The second-order valence-electron chi connectivity index (χ2n) is 3.53. The van der Waals surface area contributed by atoms with E-state index in [1.165, 1.54) is 11.3 Å². The molecule has 2 aromatic heterocycles. The van der Waals surface area contributed by atoms with Gasteiger partial charge >= 0.3 is 5.69 Å². The van der Waals surface area contributed by atoms with Gasteiger partial charge in [-0.05, 0) is 12.1 Å². The van der Waals surface area contributed by atoms with E-state index >= 15 is 0 Å². The molecule has 0 unspecified atom stereocenters. The minimum absolute atomic E-state index is 0.221. The average molecular weight is 311 g/mol. The van der Waals surface area contributed by atoms with Gasteiger partial charge < -0.3 is 15.7 Å². The van der Waals surface area contributed by atoms with E-state index < -0.39 is 0 Å². The van der Waals surface area contributed by atoms with Crippen LogP contribution >= 0.6 is 27.3 Å². The number of imidazole rings is 1. The van der Waals surface area contributed by atoms with Gasteiger partial charge in [0.05, 0.1) is 16.7 Å². The molecule has 0 aliphatic rings. The first-order chi connectivity index (χ1) is 8.13. The Labute approximate surface area is 108 Å². The van der Waals surface area contributed by atoms with Gasteiger partial charge in [-0.25, -0.2) is 9.78 Å². The Hall–Kier alpha value is -1.60. The zero-order valence-electron chi connectivity index (χ0n) is 8.45. The van der Waals surface area contributed by atoms with E-state index in [1.54, 1.807) is 0 Å². The molecule has 0 aliphatic carbocycles. The molecule has 0 saturated heterocycles. The van der Waals surface area contributed by atoms with Gasteiger partial charge in [-0.2, -0.15) is 0 Å². The fourth-order valence-electron chi connectivity index (χ4n) is 1.66. The number of nitrogens with two attached hydrogens (primary N) is 1. The van der Waals surface area contributed by atoms with Crippen LogP contribution in [0.5, 0.6) is 0 Å². The predicted molar refractivity (Wildman–Crippen MR) is 72.1 cm³/mol. The number of nitrogens with one attached hydrogen (secondary N) is 2. The first kappa shape index (κ1) is 10.5. The Balaban J connectivity index is 2.29. The van der Waals surface area contributed by atoms with Crippen molar-refractivity contribution in [2.24, 2.45) is 0 Å². The van der Waals surface area contributed by atoms with Crippen molar-refractivity contribution < 1.29 is 0 Å². The van der Waals surface area contributed by atoms with Crippen molar-refractivity contribution in [1.29, 1.82) is 0 Å². The van der Waals surface area contributed by atoms with E-state index in [4.69, 9.17) is 5.73 Å². The Kier molecular flexibility index (Phi) is 2.30. The van der Waals surface area contributed by atoms with Gasteiger partial charge in [0, 0.05) is 15.4 Å². The highest BCUT2D eigenvalue weighted by molar-refractivity contribution is 9.10. The molecule has 0 saturated carbocycles. The number of nitrogen functional groups attached to an aromatic ring is 1. The third-order valence-electron chi connectivity index (χ3n) is 2.40. The zero-order chi connectivity index (χ0) is 12.0. The van der Waals surface area contributed by atoms with Crippen LogP contribution in [0.4, 0.5) is 5.13 Å². The number of nitrogens with zero attached hydrogens (tertiary/aromatic N) is 1. The molecule has 2 heterocycles. The predicted octanol–water partition coefficient (Wildman–Crippen LogP) is 2.32. The van der Waals surface area contributed by atoms with Gasteiger partial charge in [0.25, 0.3) is 0 Å². The van der Waals surface area contributed by atoms with E-state index in [1.807, 2.05) is 17.5 Å². The van der Waals surface area contributed by atoms with Gasteiger partial charge in [-0.3, -0.25) is 0 Å². The van der Waals surface area contributed by atoms with E-state index in [0.717, 1.165) is 26.8 Å². The van der Waals surface area contributed by atoms with Crippen molar-refractivity contribution >= 4 is 43.4 Å². The Bertz CT molecular complexity index is 757. The van der Waals surface area contributed by atoms with E-state index in [2.05, 4.69) is 30.9 Å². The van der Waals surface area contributed by atoms with Crippen LogP contribution in [-0.4, -0.2) is 15.0 Å². The Morgan fingerprint density at radius 1 is 1.29 bits per heavy atom. The van der Waals surface area contributed by atoms with Gasteiger partial charge in [0.2, 0.25) is 0 Å². The van der Waals surface area contributed by atoms with Crippen molar-refractivity contribution in [2.45, 2.75) is 0 Å². The largest absolute Gasteiger partial charge is 0.375 e. The zero-order valence-corrected chi connectivity index (χ0v) is 10.9. The minimum atomic E-state index is -0.221. The number of benzene rings is 1. The molecule has 0 bridgehead atoms. The summed E-state index contributed by atoms with van der Waals surface area (Å²) >= 11 is 4.85. The lowest BCUT2D eigenvalue weighted by Gasteiger charge is -2.00. The molecule has 17 heavy (non-hydrogen) atoms. The van der Waals surface area contributed by atoms with Crippen LogP contribution < -0.4 is 11.4 Å². The highest BCUT2D eigenvalue weighted by Crippen LogP contribution is 2.32. The standard InChI is InChI=1S/C10H7BrN4OS/c11-5-2-7-6(14-10(16)15-7)1-4(5)8-3-17-9(12)13-8/h1-3H,(H2,12,13)(H2,14,15,16). The lowest BCUT2D eigenvalue weighted by molar-refractivity contribution is 1.21. The van der Waals surface area contributed by atoms with Crippen LogP contribution in [0.25, 0.3) is 22.3 Å². The number of H-pyrrole nitrogens is 2. The molecule has 3 rings (SSSR count). The lowest BCUT2D eigenvalue weighted by atomic mass is 10.1. The molecule has 0 fully saturated rings. The number of rotatable bonds is 1. The molecule has 0 atom stereocenters. The highest BCUT2D eigenvalue weighted by atomic mass is 79.9. The number of anilines is 1. The maximum atomic E-state index is 11.2. The molecule has 4 N–H and O–H groups in total. The maximum absolute atomic E-state index is 11.2. The second kappa shape index (κ2) is 3.71. The number of aromatic nitrogens is 3. The van der Waals surface area contributed by atoms with Crippen molar-refractivity contribution in [3.05, 3.63) is 32.5 Å². The molecule has 5 nitrogen and oxygen atoms in total. The second-order valence-corrected chi connectivity index (χ2v) is 5.27. The number of hydrogen-bond acceptors (Lipinski definition) is 4. The lowest BCUT2D eigenvalue weighted by Crippen LogP contribution is -1.99. The van der Waals surface area contributed by atoms with Crippen LogP contribution in [-0.2, 0) is 0 Å². The summed E-state index contributed by atoms with van der Waals surface area (Å²) in [6.07, 6.45) is 0. The molecular formula is C10H7BrN4OS. The smallest absolute Gasteiger partial charge is 0.323 e. The first-order valence-corrected chi connectivity index (χ1v) is 6.43. The number of fused-ring (bicyclic) bond motifs is 1. The third kappa shape index (κ3) is 1.77. The molecule has 1 aromatic carbocycles. The van der Waals surface area contributed by atoms with Crippen LogP contribution in [0.15, 0.2) is 26.8 Å². The first-order valence-electron chi connectivity index (χ1n) is 4.76. The average Bonchev–Trinajstić information content (AvgIpc) is 2.82. The summed E-state index contributed by atoms with van der Waals surface area (Å²) in [5, 5.41) is 2.40. The van der Waals surface area contributed by atoms with Crippen LogP contribution in [0.3, 0.4) is 0 Å². The Morgan fingerprint density at radius 3 is 2.65 bits per heavy atom. The van der Waals surface area contributed by atoms with Gasteiger partial charge in [0.1, 0.15) is 0 Å². The summed E-state index contributed by atoms with van der Waals surface area (Å²) < 4.78 is 0.866. The molecule has 0 aliphatic heterocycles. The normalized spacial score (nSPS) is 11.1.